The summed E-state index contributed by atoms with van der Waals surface area (Å²) in [5, 5.41) is 13.6. The Morgan fingerprint density at radius 1 is 1.17 bits per heavy atom. The van der Waals surface area contributed by atoms with Crippen LogP contribution < -0.4 is 10.1 Å². The lowest BCUT2D eigenvalue weighted by Gasteiger charge is -2.55. The van der Waals surface area contributed by atoms with Crippen LogP contribution in [0.2, 0.25) is 10.0 Å². The standard InChI is InChI=1S/C25H22Cl2N6O2/c1-14-23(35-22-6-3-16(8-28)9-31-22)25(32-14)13-33(24(34)18-10-29-15(2)30-11-18)12-19(25)17-4-5-20(26)21(27)7-17/h3-7,9-11,14,19,23,32H,12-13H2,1-2H3/t14?,19-,23?,25-/m1/s1. The van der Waals surface area contributed by atoms with E-state index in [-0.39, 0.29) is 24.0 Å². The SMILES string of the molecule is Cc1ncc(C(=O)N2C[C@H](c3ccc(Cl)c(Cl)c3)[C@@]3(C2)NC(C)C3Oc2ccc(C#N)cn2)cn1. The second-order valence-corrected chi connectivity index (χ2v) is 9.75. The van der Waals surface area contributed by atoms with E-state index in [9.17, 15) is 4.79 Å². The maximum Gasteiger partial charge on any atom is 0.257 e. The Kier molecular flexibility index (Phi) is 6.09. The number of benzene rings is 1. The van der Waals surface area contributed by atoms with E-state index in [0.717, 1.165) is 5.56 Å². The van der Waals surface area contributed by atoms with Crippen LogP contribution in [0, 0.1) is 18.3 Å². The number of ether oxygens (including phenoxy) is 1. The third-order valence-electron chi connectivity index (χ3n) is 6.71. The largest absolute Gasteiger partial charge is 0.471 e. The Hall–Kier alpha value is -3.25. The lowest BCUT2D eigenvalue weighted by molar-refractivity contribution is -0.0393. The number of nitrogens with one attached hydrogen (secondary N) is 1. The molecule has 178 valence electrons. The molecule has 1 aromatic carbocycles. The Morgan fingerprint density at radius 3 is 2.57 bits per heavy atom. The summed E-state index contributed by atoms with van der Waals surface area (Å²) in [5.41, 5.74) is 1.26. The van der Waals surface area contributed by atoms with Gasteiger partial charge < -0.3 is 9.64 Å². The Morgan fingerprint density at radius 2 is 1.94 bits per heavy atom. The van der Waals surface area contributed by atoms with Gasteiger partial charge in [-0.3, -0.25) is 10.1 Å². The summed E-state index contributed by atoms with van der Waals surface area (Å²) >= 11 is 12.5. The first-order chi connectivity index (χ1) is 16.8. The molecule has 5 rings (SSSR count). The number of halogens is 2. The smallest absolute Gasteiger partial charge is 0.257 e. The zero-order chi connectivity index (χ0) is 24.7. The van der Waals surface area contributed by atoms with Crippen LogP contribution in [0.4, 0.5) is 0 Å². The molecular formula is C25H22Cl2N6O2. The number of hydrogen-bond acceptors (Lipinski definition) is 7. The molecule has 3 aromatic rings. The minimum atomic E-state index is -0.576. The van der Waals surface area contributed by atoms with Crippen molar-refractivity contribution in [3.8, 4) is 11.9 Å². The number of carbonyl (C=O) groups is 1. The molecule has 1 N–H and O–H groups in total. The number of pyridine rings is 1. The van der Waals surface area contributed by atoms with Gasteiger partial charge in [0.05, 0.1) is 26.7 Å². The zero-order valence-corrected chi connectivity index (χ0v) is 20.6. The Labute approximate surface area is 212 Å². The van der Waals surface area contributed by atoms with Crippen molar-refractivity contribution in [2.75, 3.05) is 13.1 Å². The van der Waals surface area contributed by atoms with Crippen molar-refractivity contribution in [2.45, 2.75) is 37.5 Å². The van der Waals surface area contributed by atoms with Crippen LogP contribution in [-0.4, -0.2) is 56.5 Å². The average Bonchev–Trinajstić information content (AvgIpc) is 3.26. The molecule has 0 aliphatic carbocycles. The van der Waals surface area contributed by atoms with Crippen LogP contribution in [-0.2, 0) is 0 Å². The van der Waals surface area contributed by atoms with Crippen molar-refractivity contribution in [2.24, 2.45) is 0 Å². The van der Waals surface area contributed by atoms with E-state index in [1.54, 1.807) is 42.4 Å². The highest BCUT2D eigenvalue weighted by molar-refractivity contribution is 6.42. The van der Waals surface area contributed by atoms with Crippen LogP contribution in [0.3, 0.4) is 0 Å². The fraction of sp³-hybridized carbons (Fsp3) is 0.320. The number of aryl methyl sites for hydroxylation is 1. The molecule has 0 saturated carbocycles. The number of nitrogens with zero attached hydrogens (tertiary/aromatic N) is 5. The van der Waals surface area contributed by atoms with E-state index >= 15 is 0 Å². The normalized spacial score (nSPS) is 25.2. The number of rotatable bonds is 4. The predicted molar refractivity (Wildman–Crippen MR) is 131 cm³/mol. The second kappa shape index (κ2) is 9.08. The molecule has 2 unspecified atom stereocenters. The fourth-order valence-electron chi connectivity index (χ4n) is 5.07. The Balaban J connectivity index is 1.49. The molecule has 2 aromatic heterocycles. The van der Waals surface area contributed by atoms with Gasteiger partial charge in [0.15, 0.2) is 0 Å². The molecule has 1 amide bonds. The van der Waals surface area contributed by atoms with E-state index in [2.05, 4.69) is 26.3 Å². The van der Waals surface area contributed by atoms with Gasteiger partial charge in [0.2, 0.25) is 5.88 Å². The van der Waals surface area contributed by atoms with Crippen LogP contribution in [0.1, 0.15) is 40.2 Å². The molecule has 2 fully saturated rings. The van der Waals surface area contributed by atoms with Gasteiger partial charge in [0.1, 0.15) is 18.0 Å². The van der Waals surface area contributed by atoms with Crippen LogP contribution in [0.5, 0.6) is 5.88 Å². The van der Waals surface area contributed by atoms with Gasteiger partial charge in [0, 0.05) is 49.7 Å². The minimum absolute atomic E-state index is 0.00970. The molecule has 1 spiro atoms. The summed E-state index contributed by atoms with van der Waals surface area (Å²) in [7, 11) is 0. The van der Waals surface area contributed by atoms with E-state index in [1.807, 2.05) is 19.1 Å². The van der Waals surface area contributed by atoms with E-state index in [4.69, 9.17) is 33.2 Å². The van der Waals surface area contributed by atoms with Gasteiger partial charge in [-0.1, -0.05) is 29.3 Å². The molecular weight excluding hydrogens is 487 g/mol. The highest BCUT2D eigenvalue weighted by Crippen LogP contribution is 2.47. The van der Waals surface area contributed by atoms with E-state index in [0.29, 0.717) is 46.0 Å². The molecule has 4 heterocycles. The third kappa shape index (κ3) is 4.20. The number of likely N-dealkylation sites (tertiary alicyclic amines) is 1. The van der Waals surface area contributed by atoms with Gasteiger partial charge in [-0.25, -0.2) is 15.0 Å². The molecule has 0 radical (unpaired) electrons. The van der Waals surface area contributed by atoms with Gasteiger partial charge in [0.25, 0.3) is 5.91 Å². The van der Waals surface area contributed by atoms with Crippen molar-refractivity contribution in [1.82, 2.24) is 25.2 Å². The predicted octanol–water partition coefficient (Wildman–Crippen LogP) is 3.78. The Bertz CT molecular complexity index is 1310. The summed E-state index contributed by atoms with van der Waals surface area (Å²) in [6, 6.07) is 11.0. The summed E-state index contributed by atoms with van der Waals surface area (Å²) in [4.78, 5) is 27.8. The van der Waals surface area contributed by atoms with Crippen molar-refractivity contribution in [3.05, 3.63) is 81.5 Å². The highest BCUT2D eigenvalue weighted by atomic mass is 35.5. The van der Waals surface area contributed by atoms with Gasteiger partial charge in [-0.2, -0.15) is 5.26 Å². The molecule has 2 aliphatic rings. The average molecular weight is 509 g/mol. The maximum atomic E-state index is 13.4. The quantitative estimate of drug-likeness (QED) is 0.571. The van der Waals surface area contributed by atoms with Crippen molar-refractivity contribution in [3.63, 3.8) is 0 Å². The summed E-state index contributed by atoms with van der Waals surface area (Å²) in [6.45, 7) is 4.67. The third-order valence-corrected chi connectivity index (χ3v) is 7.45. The number of nitriles is 1. The zero-order valence-electron chi connectivity index (χ0n) is 19.1. The molecule has 10 heteroatoms. The van der Waals surface area contributed by atoms with E-state index in [1.165, 1.54) is 6.20 Å². The molecule has 8 nitrogen and oxygen atoms in total. The van der Waals surface area contributed by atoms with Crippen molar-refractivity contribution >= 4 is 29.1 Å². The fourth-order valence-corrected chi connectivity index (χ4v) is 5.37. The number of carbonyl (C=O) groups excluding carboxylic acids is 1. The van der Waals surface area contributed by atoms with Gasteiger partial charge in [-0.15, -0.1) is 0 Å². The van der Waals surface area contributed by atoms with E-state index < -0.39 is 5.54 Å². The van der Waals surface area contributed by atoms with Gasteiger partial charge in [-0.05, 0) is 37.6 Å². The topological polar surface area (TPSA) is 104 Å². The second-order valence-electron chi connectivity index (χ2n) is 8.94. The van der Waals surface area contributed by atoms with Gasteiger partial charge >= 0.3 is 0 Å². The molecule has 4 atom stereocenters. The summed E-state index contributed by atoms with van der Waals surface area (Å²) in [6.07, 6.45) is 4.30. The molecule has 2 saturated heterocycles. The first kappa shape index (κ1) is 23.5. The minimum Gasteiger partial charge on any atom is -0.471 e. The first-order valence-electron chi connectivity index (χ1n) is 11.1. The lowest BCUT2D eigenvalue weighted by Crippen LogP contribution is -2.79. The van der Waals surface area contributed by atoms with Crippen LogP contribution in [0.25, 0.3) is 0 Å². The maximum absolute atomic E-state index is 13.4. The van der Waals surface area contributed by atoms with Crippen LogP contribution in [0.15, 0.2) is 48.9 Å². The number of aromatic nitrogens is 3. The summed E-state index contributed by atoms with van der Waals surface area (Å²) < 4.78 is 6.35. The molecule has 0 bridgehead atoms. The lowest BCUT2D eigenvalue weighted by atomic mass is 9.69. The van der Waals surface area contributed by atoms with Crippen molar-refractivity contribution < 1.29 is 9.53 Å². The number of hydrogen-bond donors (Lipinski definition) is 1. The molecule has 35 heavy (non-hydrogen) atoms. The summed E-state index contributed by atoms with van der Waals surface area (Å²) in [5.74, 6) is 0.757. The monoisotopic (exact) mass is 508 g/mol. The first-order valence-corrected chi connectivity index (χ1v) is 11.9. The molecule has 2 aliphatic heterocycles. The van der Waals surface area contributed by atoms with Crippen LogP contribution >= 0.6 is 23.2 Å². The number of amides is 1. The van der Waals surface area contributed by atoms with Crippen molar-refractivity contribution in [1.29, 1.82) is 5.26 Å². The highest BCUT2D eigenvalue weighted by Gasteiger charge is 2.63.